The Balaban J connectivity index is 1.78. The lowest BCUT2D eigenvalue weighted by molar-refractivity contribution is 1.04. The van der Waals surface area contributed by atoms with Gasteiger partial charge in [-0.05, 0) is 25.0 Å². The van der Waals surface area contributed by atoms with Gasteiger partial charge < -0.3 is 0 Å². The number of allylic oxidation sites excluding steroid dienone is 3. The van der Waals surface area contributed by atoms with Crippen molar-refractivity contribution in [3.63, 3.8) is 0 Å². The van der Waals surface area contributed by atoms with Crippen molar-refractivity contribution in [3.05, 3.63) is 109 Å². The van der Waals surface area contributed by atoms with Gasteiger partial charge in [-0.1, -0.05) is 103 Å². The average Bonchev–Trinajstić information content (AvgIpc) is 2.81. The summed E-state index contributed by atoms with van der Waals surface area (Å²) in [6, 6.07) is 26.8. The van der Waals surface area contributed by atoms with Crippen molar-refractivity contribution in [1.29, 1.82) is 0 Å². The molecule has 1 heterocycles. The molecular formula is C27H23N3. The number of benzene rings is 3. The van der Waals surface area contributed by atoms with Crippen LogP contribution in [0.2, 0.25) is 0 Å². The third kappa shape index (κ3) is 4.11. The smallest absolute Gasteiger partial charge is 0.164 e. The minimum absolute atomic E-state index is 0.624. The van der Waals surface area contributed by atoms with E-state index in [2.05, 4.69) is 67.0 Å². The lowest BCUT2D eigenvalue weighted by Gasteiger charge is -2.09. The number of rotatable bonds is 5. The van der Waals surface area contributed by atoms with Gasteiger partial charge >= 0.3 is 0 Å². The van der Waals surface area contributed by atoms with Gasteiger partial charge in [-0.3, -0.25) is 0 Å². The summed E-state index contributed by atoms with van der Waals surface area (Å²) in [7, 11) is 0. The normalized spacial score (nSPS) is 11.3. The Labute approximate surface area is 177 Å². The molecule has 3 nitrogen and oxygen atoms in total. The summed E-state index contributed by atoms with van der Waals surface area (Å²) in [5, 5.41) is 0. The van der Waals surface area contributed by atoms with E-state index >= 15 is 0 Å². The molecule has 0 radical (unpaired) electrons. The van der Waals surface area contributed by atoms with Crippen molar-refractivity contribution in [3.8, 4) is 33.9 Å². The van der Waals surface area contributed by atoms with E-state index in [0.29, 0.717) is 17.5 Å². The van der Waals surface area contributed by atoms with Crippen LogP contribution in [-0.2, 0) is 0 Å². The predicted octanol–water partition coefficient (Wildman–Crippen LogP) is 6.77. The summed E-state index contributed by atoms with van der Waals surface area (Å²) < 4.78 is 0. The summed E-state index contributed by atoms with van der Waals surface area (Å²) in [6.45, 7) is 7.95. The largest absolute Gasteiger partial charge is 0.208 e. The number of hydrogen-bond acceptors (Lipinski definition) is 3. The summed E-state index contributed by atoms with van der Waals surface area (Å²) in [6.07, 6.45) is 3.73. The summed E-state index contributed by atoms with van der Waals surface area (Å²) >= 11 is 0. The van der Waals surface area contributed by atoms with Crippen LogP contribution >= 0.6 is 0 Å². The van der Waals surface area contributed by atoms with Crippen LogP contribution in [-0.4, -0.2) is 15.0 Å². The maximum Gasteiger partial charge on any atom is 0.164 e. The molecule has 0 saturated carbocycles. The molecule has 0 spiro atoms. The molecular weight excluding hydrogens is 366 g/mol. The van der Waals surface area contributed by atoms with Crippen molar-refractivity contribution in [2.45, 2.75) is 13.8 Å². The molecule has 0 N–H and O–H groups in total. The van der Waals surface area contributed by atoms with Gasteiger partial charge in [0.1, 0.15) is 0 Å². The van der Waals surface area contributed by atoms with Gasteiger partial charge in [-0.2, -0.15) is 0 Å². The molecule has 4 aromatic rings. The van der Waals surface area contributed by atoms with Gasteiger partial charge in [0.05, 0.1) is 0 Å². The van der Waals surface area contributed by atoms with Crippen LogP contribution in [0, 0.1) is 6.92 Å². The highest BCUT2D eigenvalue weighted by Crippen LogP contribution is 2.26. The van der Waals surface area contributed by atoms with E-state index in [1.807, 2.05) is 43.3 Å². The van der Waals surface area contributed by atoms with Gasteiger partial charge in [-0.25, -0.2) is 15.0 Å². The molecule has 146 valence electrons. The Bertz CT molecular complexity index is 1190. The number of aromatic nitrogens is 3. The second-order valence-corrected chi connectivity index (χ2v) is 7.06. The summed E-state index contributed by atoms with van der Waals surface area (Å²) in [5.41, 5.74) is 6.40. The van der Waals surface area contributed by atoms with Crippen molar-refractivity contribution in [2.75, 3.05) is 0 Å². The molecule has 3 aromatic carbocycles. The van der Waals surface area contributed by atoms with E-state index in [-0.39, 0.29) is 0 Å². The van der Waals surface area contributed by atoms with E-state index in [0.717, 1.165) is 22.3 Å². The third-order valence-electron chi connectivity index (χ3n) is 4.98. The number of hydrogen-bond donors (Lipinski definition) is 0. The highest BCUT2D eigenvalue weighted by atomic mass is 15.0. The highest BCUT2D eigenvalue weighted by Gasteiger charge is 2.12. The monoisotopic (exact) mass is 389 g/mol. The Morgan fingerprint density at radius 2 is 1.17 bits per heavy atom. The highest BCUT2D eigenvalue weighted by molar-refractivity contribution is 5.73. The Hall–Kier alpha value is -3.85. The molecule has 0 unspecified atom stereocenters. The molecule has 0 saturated heterocycles. The van der Waals surface area contributed by atoms with E-state index in [1.54, 1.807) is 6.08 Å². The van der Waals surface area contributed by atoms with Crippen LogP contribution in [0.25, 0.3) is 39.5 Å². The first-order chi connectivity index (χ1) is 14.7. The minimum Gasteiger partial charge on any atom is -0.208 e. The second kappa shape index (κ2) is 8.66. The SMILES string of the molecule is C=C/C(=C\C)c1nc(-c2ccccc2)nc(-c2ccc(-c3ccc(C)cc3)cc2)n1. The minimum atomic E-state index is 0.624. The van der Waals surface area contributed by atoms with E-state index in [9.17, 15) is 0 Å². The second-order valence-electron chi connectivity index (χ2n) is 7.06. The van der Waals surface area contributed by atoms with E-state index in [1.165, 1.54) is 11.1 Å². The molecule has 0 aliphatic carbocycles. The van der Waals surface area contributed by atoms with Crippen molar-refractivity contribution >= 4 is 5.57 Å². The zero-order valence-electron chi connectivity index (χ0n) is 17.2. The fourth-order valence-corrected chi connectivity index (χ4v) is 3.25. The first-order valence-electron chi connectivity index (χ1n) is 9.96. The standard InChI is InChI=1S/C27H23N3/c1-4-20(5-2)25-28-26(23-9-7-6-8-10-23)30-27(29-25)24-17-15-22(16-18-24)21-13-11-19(3)12-14-21/h4-18H,1H2,2-3H3/b20-5+. The first-order valence-corrected chi connectivity index (χ1v) is 9.96. The summed E-state index contributed by atoms with van der Waals surface area (Å²) in [4.78, 5) is 14.2. The topological polar surface area (TPSA) is 38.7 Å². The molecule has 0 aliphatic rings. The van der Waals surface area contributed by atoms with Crippen LogP contribution in [0.3, 0.4) is 0 Å². The van der Waals surface area contributed by atoms with E-state index < -0.39 is 0 Å². The zero-order chi connectivity index (χ0) is 20.9. The van der Waals surface area contributed by atoms with Crippen LogP contribution in [0.15, 0.2) is 97.6 Å². The first kappa shape index (κ1) is 19.5. The predicted molar refractivity (Wildman–Crippen MR) is 125 cm³/mol. The molecule has 0 amide bonds. The van der Waals surface area contributed by atoms with Gasteiger partial charge in [0.2, 0.25) is 0 Å². The summed E-state index contributed by atoms with van der Waals surface area (Å²) in [5.74, 6) is 1.92. The van der Waals surface area contributed by atoms with Gasteiger partial charge in [0.25, 0.3) is 0 Å². The molecule has 0 bridgehead atoms. The molecule has 4 rings (SSSR count). The Kier molecular flexibility index (Phi) is 5.62. The van der Waals surface area contributed by atoms with Gasteiger partial charge in [-0.15, -0.1) is 0 Å². The van der Waals surface area contributed by atoms with E-state index in [4.69, 9.17) is 9.97 Å². The maximum absolute atomic E-state index is 4.76. The molecule has 3 heteroatoms. The van der Waals surface area contributed by atoms with Crippen molar-refractivity contribution < 1.29 is 0 Å². The van der Waals surface area contributed by atoms with Gasteiger partial charge in [0.15, 0.2) is 17.5 Å². The third-order valence-corrected chi connectivity index (χ3v) is 4.98. The fourth-order valence-electron chi connectivity index (χ4n) is 3.25. The Morgan fingerprint density at radius 3 is 1.70 bits per heavy atom. The average molecular weight is 390 g/mol. The number of aryl methyl sites for hydroxylation is 1. The van der Waals surface area contributed by atoms with Crippen molar-refractivity contribution in [2.24, 2.45) is 0 Å². The molecule has 1 aromatic heterocycles. The van der Waals surface area contributed by atoms with Crippen LogP contribution < -0.4 is 0 Å². The molecule has 0 aliphatic heterocycles. The molecule has 0 fully saturated rings. The molecule has 0 atom stereocenters. The lowest BCUT2D eigenvalue weighted by Crippen LogP contribution is -2.02. The van der Waals surface area contributed by atoms with Gasteiger partial charge in [0, 0.05) is 16.7 Å². The number of nitrogens with zero attached hydrogens (tertiary/aromatic N) is 3. The zero-order valence-corrected chi connectivity index (χ0v) is 17.2. The quantitative estimate of drug-likeness (QED) is 0.354. The van der Waals surface area contributed by atoms with Crippen LogP contribution in [0.4, 0.5) is 0 Å². The van der Waals surface area contributed by atoms with Crippen LogP contribution in [0.1, 0.15) is 18.3 Å². The fraction of sp³-hybridized carbons (Fsp3) is 0.0741. The lowest BCUT2D eigenvalue weighted by atomic mass is 10.0. The van der Waals surface area contributed by atoms with Crippen molar-refractivity contribution in [1.82, 2.24) is 15.0 Å². The van der Waals surface area contributed by atoms with Crippen LogP contribution in [0.5, 0.6) is 0 Å². The maximum atomic E-state index is 4.76. The Morgan fingerprint density at radius 1 is 0.667 bits per heavy atom. The molecule has 30 heavy (non-hydrogen) atoms.